The molecule has 4 heterocycles. The number of thiophene rings is 1. The number of phenolic OH excluding ortho intramolecular Hbond substituents is 1. The number of phenols is 1. The van der Waals surface area contributed by atoms with Gasteiger partial charge in [0.05, 0.1) is 43.4 Å². The third kappa shape index (κ3) is 7.25. The van der Waals surface area contributed by atoms with E-state index >= 15 is 0 Å². The Labute approximate surface area is 334 Å². The fourth-order valence-electron chi connectivity index (χ4n) is 9.23. The molecule has 8 rings (SSSR count). The predicted octanol–water partition coefficient (Wildman–Crippen LogP) is 8.26. The van der Waals surface area contributed by atoms with Gasteiger partial charge in [-0.3, -0.25) is 19.5 Å². The number of benzene rings is 3. The Hall–Kier alpha value is -4.93. The Morgan fingerprint density at radius 3 is 2.21 bits per heavy atom. The molecule has 3 aromatic carbocycles. The molecule has 2 saturated heterocycles. The average Bonchev–Trinajstić information content (AvgIpc) is 3.95. The molecule has 1 N–H and O–H groups in total. The summed E-state index contributed by atoms with van der Waals surface area (Å²) in [5.74, 6) is -1.07. The van der Waals surface area contributed by atoms with E-state index in [-0.39, 0.29) is 34.6 Å². The van der Waals surface area contributed by atoms with Gasteiger partial charge in [0, 0.05) is 17.0 Å². The molecule has 9 heteroatoms. The molecule has 4 atom stereocenters. The van der Waals surface area contributed by atoms with Crippen molar-refractivity contribution in [1.82, 2.24) is 9.88 Å². The number of aromatic hydroxyl groups is 1. The molecule has 7 nitrogen and oxygen atoms in total. The molecule has 0 unspecified atom stereocenters. The molecular weight excluding hydrogens is 733 g/mol. The smallest absolute Gasteiger partial charge is 0.261 e. The number of ether oxygens (including phenoxy) is 1. The number of likely N-dealkylation sites (tertiary alicyclic amines) is 1. The Morgan fingerprint density at radius 1 is 0.893 bits per heavy atom. The van der Waals surface area contributed by atoms with E-state index in [1.54, 1.807) is 29.7 Å². The van der Waals surface area contributed by atoms with Gasteiger partial charge < -0.3 is 14.3 Å². The Bertz CT molecular complexity index is 2180. The first kappa shape index (κ1) is 38.0. The zero-order chi connectivity index (χ0) is 38.9. The predicted molar refractivity (Wildman–Crippen MR) is 225 cm³/mol. The van der Waals surface area contributed by atoms with E-state index < -0.39 is 20.2 Å². The first-order valence-corrected chi connectivity index (χ1v) is 22.3. The fourth-order valence-corrected chi connectivity index (χ4v) is 14.5. The van der Waals surface area contributed by atoms with Gasteiger partial charge in [0.15, 0.2) is 0 Å². The van der Waals surface area contributed by atoms with Crippen molar-refractivity contribution in [2.75, 3.05) is 13.2 Å². The number of carbonyl (C=O) groups is 2. The summed E-state index contributed by atoms with van der Waals surface area (Å²) in [5.41, 5.74) is 5.12. The molecule has 0 bridgehead atoms. The molecule has 3 aliphatic rings. The summed E-state index contributed by atoms with van der Waals surface area (Å²) in [6, 6.07) is 38.3. The van der Waals surface area contributed by atoms with Crippen LogP contribution in [0.5, 0.6) is 5.75 Å². The number of pyridine rings is 1. The van der Waals surface area contributed by atoms with Crippen LogP contribution in [-0.4, -0.2) is 54.4 Å². The number of rotatable bonds is 12. The Kier molecular flexibility index (Phi) is 10.8. The summed E-state index contributed by atoms with van der Waals surface area (Å²) in [6.45, 7) is 7.87. The van der Waals surface area contributed by atoms with E-state index in [1.165, 1.54) is 15.3 Å². The average molecular weight is 781 g/mol. The van der Waals surface area contributed by atoms with Crippen molar-refractivity contribution in [1.29, 1.82) is 0 Å². The van der Waals surface area contributed by atoms with Gasteiger partial charge in [0.1, 0.15) is 5.75 Å². The van der Waals surface area contributed by atoms with Crippen LogP contribution in [-0.2, 0) is 25.3 Å². The zero-order valence-corrected chi connectivity index (χ0v) is 34.0. The van der Waals surface area contributed by atoms with Gasteiger partial charge >= 0.3 is 0 Å². The number of imide groups is 1. The highest BCUT2D eigenvalue weighted by molar-refractivity contribution is 7.09. The van der Waals surface area contributed by atoms with Crippen molar-refractivity contribution in [2.24, 2.45) is 17.8 Å². The number of nitrogens with zero attached hydrogens (tertiary/aromatic N) is 2. The van der Waals surface area contributed by atoms with Crippen LogP contribution in [0.2, 0.25) is 5.04 Å². The Morgan fingerprint density at radius 2 is 1.59 bits per heavy atom. The van der Waals surface area contributed by atoms with Crippen LogP contribution in [0.25, 0.3) is 11.6 Å². The van der Waals surface area contributed by atoms with Crippen LogP contribution in [0, 0.1) is 17.8 Å². The number of hydrogen-bond donors (Lipinski definition) is 1. The molecule has 2 amide bonds. The molecule has 56 heavy (non-hydrogen) atoms. The van der Waals surface area contributed by atoms with Crippen LogP contribution >= 0.6 is 11.3 Å². The summed E-state index contributed by atoms with van der Waals surface area (Å²) >= 11 is 1.57. The van der Waals surface area contributed by atoms with Crippen LogP contribution in [0.1, 0.15) is 56.2 Å². The van der Waals surface area contributed by atoms with Gasteiger partial charge in [0.2, 0.25) is 11.8 Å². The molecule has 2 aliphatic heterocycles. The van der Waals surface area contributed by atoms with Crippen LogP contribution in [0.15, 0.2) is 138 Å². The van der Waals surface area contributed by atoms with Crippen molar-refractivity contribution in [3.63, 3.8) is 0 Å². The lowest BCUT2D eigenvalue weighted by Gasteiger charge is -2.44. The van der Waals surface area contributed by atoms with E-state index in [2.05, 4.69) is 75.4 Å². The van der Waals surface area contributed by atoms with Crippen LogP contribution < -0.4 is 10.4 Å². The maximum absolute atomic E-state index is 14.3. The molecule has 5 aromatic rings. The van der Waals surface area contributed by atoms with Crippen molar-refractivity contribution >= 4 is 53.5 Å². The lowest BCUT2D eigenvalue weighted by atomic mass is 9.69. The molecule has 286 valence electrons. The maximum atomic E-state index is 14.3. The fraction of sp³-hybridized carbons (Fsp3) is 0.298. The minimum absolute atomic E-state index is 0.0893. The third-order valence-electron chi connectivity index (χ3n) is 11.8. The summed E-state index contributed by atoms with van der Waals surface area (Å²) in [5, 5.41) is 14.1. The molecule has 2 aromatic heterocycles. The Balaban J connectivity index is 1.17. The number of hydrogen-bond acceptors (Lipinski definition) is 7. The molecule has 1 aliphatic carbocycles. The highest BCUT2D eigenvalue weighted by Crippen LogP contribution is 2.51. The van der Waals surface area contributed by atoms with E-state index in [0.717, 1.165) is 32.9 Å². The quantitative estimate of drug-likeness (QED) is 0.0780. The summed E-state index contributed by atoms with van der Waals surface area (Å²) < 4.78 is 14.3. The van der Waals surface area contributed by atoms with Crippen LogP contribution in [0.4, 0.5) is 0 Å². The lowest BCUT2D eigenvalue weighted by Crippen LogP contribution is -2.66. The summed E-state index contributed by atoms with van der Waals surface area (Å²) in [4.78, 5) is 35.7. The SMILES string of the molecule is CC(C)(C)[Si](OCC1=C2[C@@H](CC/C(=C/c3ccc(O)cc3)c3ccccn3)OC[C@@H]2[C@@H]2C(=O)N(Cc3cccs3)C(=O)[C@@H]2C1)(c1ccccc1)c1ccccc1. The minimum atomic E-state index is -2.92. The highest BCUT2D eigenvalue weighted by atomic mass is 32.1. The number of carbonyl (C=O) groups excluding carboxylic acids is 2. The van der Waals surface area contributed by atoms with Gasteiger partial charge in [-0.25, -0.2) is 0 Å². The van der Waals surface area contributed by atoms with Crippen molar-refractivity contribution in [3.8, 4) is 5.75 Å². The first-order chi connectivity index (χ1) is 27.1. The molecule has 2 fully saturated rings. The largest absolute Gasteiger partial charge is 0.508 e. The minimum Gasteiger partial charge on any atom is -0.508 e. The molecule has 0 radical (unpaired) electrons. The second-order valence-corrected chi connectivity index (χ2v) is 21.5. The number of allylic oxidation sites excluding steroid dienone is 1. The number of fused-ring (bicyclic) bond motifs is 3. The van der Waals surface area contributed by atoms with Gasteiger partial charge in [0.25, 0.3) is 8.32 Å². The van der Waals surface area contributed by atoms with Crippen molar-refractivity contribution in [3.05, 3.63) is 154 Å². The lowest BCUT2D eigenvalue weighted by molar-refractivity contribution is -0.140. The van der Waals surface area contributed by atoms with Gasteiger partial charge in [-0.1, -0.05) is 106 Å². The zero-order valence-electron chi connectivity index (χ0n) is 32.1. The second-order valence-electron chi connectivity index (χ2n) is 16.1. The van der Waals surface area contributed by atoms with Crippen molar-refractivity contribution < 1.29 is 23.9 Å². The van der Waals surface area contributed by atoms with Crippen LogP contribution in [0.3, 0.4) is 0 Å². The summed E-state index contributed by atoms with van der Waals surface area (Å²) in [7, 11) is -2.92. The molecule has 0 saturated carbocycles. The number of amides is 2. The first-order valence-electron chi connectivity index (χ1n) is 19.5. The maximum Gasteiger partial charge on any atom is 0.261 e. The highest BCUT2D eigenvalue weighted by Gasteiger charge is 2.58. The molecule has 0 spiro atoms. The van der Waals surface area contributed by atoms with E-state index in [4.69, 9.17) is 14.1 Å². The van der Waals surface area contributed by atoms with Gasteiger partial charge in [-0.15, -0.1) is 11.3 Å². The topological polar surface area (TPSA) is 89.0 Å². The van der Waals surface area contributed by atoms with Gasteiger partial charge in [-0.05, 0) is 98.7 Å². The number of aromatic nitrogens is 1. The summed E-state index contributed by atoms with van der Waals surface area (Å²) in [6.07, 6.45) is 5.49. The van der Waals surface area contributed by atoms with Gasteiger partial charge in [-0.2, -0.15) is 0 Å². The monoisotopic (exact) mass is 780 g/mol. The standard InChI is InChI=1S/C47H48N2O5SSi/c1-47(2,3)56(37-14-6-4-7-15-37,38-16-8-5-9-17-38)54-30-34-28-39-44(46(52)49(45(39)51)29-36-13-12-26-55-36)40-31-53-42(43(34)40)24-21-33(41-18-10-11-25-48-41)27-32-19-22-35(50)23-20-32/h4-20,22-23,25-27,39-40,42,44,50H,21,24,28-31H2,1-3H3/b33-27-/t39-,40+,42-,44-/m1/s1. The van der Waals surface area contributed by atoms with E-state index in [9.17, 15) is 14.7 Å². The van der Waals surface area contributed by atoms with E-state index in [0.29, 0.717) is 39.0 Å². The van der Waals surface area contributed by atoms with Crippen molar-refractivity contribution in [2.45, 2.75) is 57.7 Å². The second kappa shape index (κ2) is 15.9. The normalized spacial score (nSPS) is 21.4. The van der Waals surface area contributed by atoms with E-state index in [1.807, 2.05) is 60.0 Å². The third-order valence-corrected chi connectivity index (χ3v) is 17.6. The molecular formula is C47H48N2O5SSi.